The van der Waals surface area contributed by atoms with Crippen molar-refractivity contribution >= 4 is 120 Å². The topological polar surface area (TPSA) is 151 Å². The van der Waals surface area contributed by atoms with Crippen molar-refractivity contribution in [3.8, 4) is 0 Å². The molecule has 0 saturated carbocycles. The number of hydrogen-bond donors (Lipinski definition) is 4. The van der Waals surface area contributed by atoms with Gasteiger partial charge < -0.3 is 9.05 Å². The van der Waals surface area contributed by atoms with Crippen LogP contribution < -0.4 is 0 Å². The van der Waals surface area contributed by atoms with Gasteiger partial charge in [0.15, 0.2) is 0 Å². The fourth-order valence-electron chi connectivity index (χ4n) is 0.211. The van der Waals surface area contributed by atoms with Crippen LogP contribution in [0.15, 0.2) is 0 Å². The molecular weight excluding hydrogens is 493 g/mol. The van der Waals surface area contributed by atoms with Crippen LogP contribution in [0.3, 0.4) is 0 Å². The molecule has 4 N–H and O–H groups in total. The number of carbonyl (C=O) groups excluding carboxylic acids is 1. The Morgan fingerprint density at radius 3 is 1.21 bits per heavy atom. The third kappa shape index (κ3) is 17.1. The molecule has 14 heavy (non-hydrogen) atoms. The predicted molar refractivity (Wildman–Crippen MR) is 48.7 cm³/mol. The van der Waals surface area contributed by atoms with Crippen molar-refractivity contribution in [3.63, 3.8) is 0 Å². The number of hydrogen-bond acceptors (Lipinski definition) is 5. The summed E-state index contributed by atoms with van der Waals surface area (Å²) >= 11 is 0. The Morgan fingerprint density at radius 2 is 1.07 bits per heavy atom. The van der Waals surface area contributed by atoms with E-state index < -0.39 is 21.8 Å². The first-order valence-corrected chi connectivity index (χ1v) is 5.20. The molecule has 0 rings (SSSR count). The summed E-state index contributed by atoms with van der Waals surface area (Å²) in [6, 6.07) is 0. The summed E-state index contributed by atoms with van der Waals surface area (Å²) in [7, 11) is -10.3. The van der Waals surface area contributed by atoms with Gasteiger partial charge in [-0.25, -0.2) is 13.9 Å². The third-order valence-corrected chi connectivity index (χ3v) is 1.16. The molecule has 0 bridgehead atoms. The Kier molecular flexibility index (Phi) is 13.7. The molecule has 0 aliphatic rings. The second kappa shape index (κ2) is 8.75. The number of rotatable bonds is 2. The first-order valence-electron chi connectivity index (χ1n) is 2.14. The molecule has 0 atom stereocenters. The van der Waals surface area contributed by atoms with Gasteiger partial charge in [0.05, 0.1) is 0 Å². The Balaban J connectivity index is -0.000000605. The molecule has 0 spiro atoms. The van der Waals surface area contributed by atoms with Crippen molar-refractivity contribution in [1.29, 1.82) is 0 Å². The SMILES string of the molecule is O=C(OP(=O)(O)O)OP(=O)(O)O.[BaH2].[BaH2]. The molecule has 0 radical (unpaired) electrons. The van der Waals surface area contributed by atoms with Crippen molar-refractivity contribution in [3.05, 3.63) is 0 Å². The van der Waals surface area contributed by atoms with Crippen LogP contribution in [0.2, 0.25) is 0 Å². The fraction of sp³-hybridized carbons (Fsp3) is 0. The summed E-state index contributed by atoms with van der Waals surface area (Å²) in [5.41, 5.74) is 0. The quantitative estimate of drug-likeness (QED) is 0.238. The monoisotopic (exact) mass is 502 g/mol. The van der Waals surface area contributed by atoms with Gasteiger partial charge in [0.2, 0.25) is 0 Å². The zero-order chi connectivity index (χ0) is 9.99. The first-order chi connectivity index (χ1) is 5.10. The van der Waals surface area contributed by atoms with E-state index >= 15 is 0 Å². The van der Waals surface area contributed by atoms with Crippen molar-refractivity contribution in [1.82, 2.24) is 0 Å². The van der Waals surface area contributed by atoms with Crippen LogP contribution >= 0.6 is 15.6 Å². The minimum atomic E-state index is -5.13. The second-order valence-corrected chi connectivity index (χ2v) is 3.74. The third-order valence-electron chi connectivity index (χ3n) is 0.387. The molecule has 9 nitrogen and oxygen atoms in total. The minimum absolute atomic E-state index is 0. The van der Waals surface area contributed by atoms with E-state index in [0.717, 1.165) is 0 Å². The molecule has 0 aromatic rings. The van der Waals surface area contributed by atoms with Gasteiger partial charge in [-0.05, 0) is 0 Å². The molecule has 0 fully saturated rings. The molecule has 0 aromatic heterocycles. The molecule has 80 valence electrons. The van der Waals surface area contributed by atoms with Gasteiger partial charge in [0.1, 0.15) is 0 Å². The second-order valence-electron chi connectivity index (χ2n) is 1.41. The summed E-state index contributed by atoms with van der Waals surface area (Å²) in [5.74, 6) is 0. The van der Waals surface area contributed by atoms with Crippen LogP contribution in [0.4, 0.5) is 4.79 Å². The maximum atomic E-state index is 10.0. The fourth-order valence-corrected chi connectivity index (χ4v) is 0.733. The summed E-state index contributed by atoms with van der Waals surface area (Å²) < 4.78 is 25.9. The van der Waals surface area contributed by atoms with Crippen LogP contribution in [0.1, 0.15) is 0 Å². The Morgan fingerprint density at radius 1 is 0.857 bits per heavy atom. The van der Waals surface area contributed by atoms with Crippen molar-refractivity contribution < 1.29 is 42.5 Å². The van der Waals surface area contributed by atoms with Crippen LogP contribution in [0, 0.1) is 0 Å². The Hall–Kier alpha value is 2.71. The maximum absolute atomic E-state index is 10.0. The molecule has 0 heterocycles. The molecule has 0 aromatic carbocycles. The van der Waals surface area contributed by atoms with Gasteiger partial charge in [-0.15, -0.1) is 0 Å². The molecule has 0 saturated heterocycles. The summed E-state index contributed by atoms with van der Waals surface area (Å²) in [5, 5.41) is 0. The molecule has 0 aliphatic heterocycles. The van der Waals surface area contributed by atoms with Gasteiger partial charge >= 0.3 is 120 Å². The van der Waals surface area contributed by atoms with Crippen LogP contribution in [0.25, 0.3) is 0 Å². The van der Waals surface area contributed by atoms with Gasteiger partial charge in [0.25, 0.3) is 0 Å². The van der Waals surface area contributed by atoms with Crippen LogP contribution in [-0.4, -0.2) is 123 Å². The zero-order valence-electron chi connectivity index (χ0n) is 5.22. The van der Waals surface area contributed by atoms with E-state index in [0.29, 0.717) is 0 Å². The van der Waals surface area contributed by atoms with E-state index in [9.17, 15) is 13.9 Å². The van der Waals surface area contributed by atoms with Crippen molar-refractivity contribution in [2.24, 2.45) is 0 Å². The number of phosphoric acid groups is 2. The number of phosphoric ester groups is 2. The first kappa shape index (κ1) is 21.9. The van der Waals surface area contributed by atoms with Gasteiger partial charge in [0, 0.05) is 0 Å². The molecule has 13 heteroatoms. The van der Waals surface area contributed by atoms with Gasteiger partial charge in [-0.1, -0.05) is 0 Å². The van der Waals surface area contributed by atoms with E-state index in [4.69, 9.17) is 19.6 Å². The van der Waals surface area contributed by atoms with Crippen LogP contribution in [-0.2, 0) is 18.2 Å². The van der Waals surface area contributed by atoms with E-state index in [1.165, 1.54) is 0 Å². The zero-order valence-corrected chi connectivity index (χ0v) is 7.01. The van der Waals surface area contributed by atoms with Crippen molar-refractivity contribution in [2.45, 2.75) is 0 Å². The van der Waals surface area contributed by atoms with Gasteiger partial charge in [-0.3, -0.25) is 19.6 Å². The molecule has 0 aliphatic carbocycles. The summed E-state index contributed by atoms with van der Waals surface area (Å²) in [4.78, 5) is 41.7. The van der Waals surface area contributed by atoms with Gasteiger partial charge in [-0.2, -0.15) is 0 Å². The average Bonchev–Trinajstić information content (AvgIpc) is 1.49. The van der Waals surface area contributed by atoms with E-state index in [1.807, 2.05) is 0 Å². The van der Waals surface area contributed by atoms with Crippen molar-refractivity contribution in [2.75, 3.05) is 0 Å². The molecule has 0 amide bonds. The Labute approximate surface area is 159 Å². The summed E-state index contributed by atoms with van der Waals surface area (Å²) in [6.07, 6.45) is -2.14. The normalized spacial score (nSPS) is 10.6. The standard InChI is InChI=1S/CH4O9P2.2Ba.4H/c2-1(9-11(3,4)5)10-12(6,7)8;;;;;;/h(H2,3,4,5)(H2,6,7,8);;;;;;. The average molecular weight is 501 g/mol. The molecule has 0 unspecified atom stereocenters. The number of carbonyl (C=O) groups is 1. The molecular formula is CH8Ba2O9P2. The van der Waals surface area contributed by atoms with E-state index in [-0.39, 0.29) is 97.8 Å². The predicted octanol–water partition coefficient (Wildman–Crippen LogP) is -2.51. The van der Waals surface area contributed by atoms with E-state index in [2.05, 4.69) is 9.05 Å². The van der Waals surface area contributed by atoms with Crippen LogP contribution in [0.5, 0.6) is 0 Å². The summed E-state index contributed by atoms with van der Waals surface area (Å²) in [6.45, 7) is 0. The Bertz CT molecular complexity index is 236. The van der Waals surface area contributed by atoms with E-state index in [1.54, 1.807) is 0 Å².